The molecule has 0 saturated heterocycles. The molecule has 1 unspecified atom stereocenters. The number of aromatic amines is 1. The molecule has 3 nitrogen and oxygen atoms in total. The second-order valence-corrected chi connectivity index (χ2v) is 5.94. The molecule has 0 spiro atoms. The average Bonchev–Trinajstić information content (AvgIpc) is 3.09. The van der Waals surface area contributed by atoms with Crippen LogP contribution in [-0.2, 0) is 11.2 Å². The van der Waals surface area contributed by atoms with E-state index < -0.39 is 0 Å². The van der Waals surface area contributed by atoms with Crippen LogP contribution in [0.2, 0.25) is 0 Å². The number of aromatic nitrogens is 1. The summed E-state index contributed by atoms with van der Waals surface area (Å²) in [5.74, 6) is 0.802. The molecule has 2 N–H and O–H groups in total. The molecule has 1 atom stereocenters. The maximum atomic E-state index is 12.2. The van der Waals surface area contributed by atoms with Crippen molar-refractivity contribution in [2.75, 3.05) is 0 Å². The largest absolute Gasteiger partial charge is 0.361 e. The second kappa shape index (κ2) is 5.70. The molecule has 0 aliphatic heterocycles. The maximum absolute atomic E-state index is 12.2. The number of carbonyl (C=O) groups excluding carboxylic acids is 1. The van der Waals surface area contributed by atoms with Gasteiger partial charge in [-0.05, 0) is 37.3 Å². The molecular formula is C17H22N2O. The van der Waals surface area contributed by atoms with Gasteiger partial charge in [-0.1, -0.05) is 31.0 Å². The zero-order chi connectivity index (χ0) is 13.9. The van der Waals surface area contributed by atoms with Crippen LogP contribution in [0.3, 0.4) is 0 Å². The summed E-state index contributed by atoms with van der Waals surface area (Å²) in [5, 5.41) is 4.32. The molecule has 1 fully saturated rings. The summed E-state index contributed by atoms with van der Waals surface area (Å²) in [6, 6.07) is 8.42. The van der Waals surface area contributed by atoms with E-state index in [-0.39, 0.29) is 5.91 Å². The Balaban J connectivity index is 1.63. The zero-order valence-electron chi connectivity index (χ0n) is 12.0. The Morgan fingerprint density at radius 2 is 2.10 bits per heavy atom. The highest BCUT2D eigenvalue weighted by Gasteiger charge is 2.22. The Bertz CT molecular complexity index is 596. The molecular weight excluding hydrogens is 248 g/mol. The monoisotopic (exact) mass is 270 g/mol. The molecule has 0 bridgehead atoms. The molecule has 1 amide bonds. The van der Waals surface area contributed by atoms with Crippen molar-refractivity contribution in [3.05, 3.63) is 36.0 Å². The molecule has 1 aromatic carbocycles. The number of H-pyrrole nitrogens is 1. The van der Waals surface area contributed by atoms with E-state index in [1.54, 1.807) is 0 Å². The Kier molecular flexibility index (Phi) is 3.77. The van der Waals surface area contributed by atoms with Crippen LogP contribution in [-0.4, -0.2) is 16.9 Å². The summed E-state index contributed by atoms with van der Waals surface area (Å²) in [5.41, 5.74) is 2.18. The number of carbonyl (C=O) groups is 1. The number of rotatable bonds is 4. The molecule has 1 aliphatic rings. The number of hydrogen-bond donors (Lipinski definition) is 2. The topological polar surface area (TPSA) is 44.9 Å². The van der Waals surface area contributed by atoms with Gasteiger partial charge in [0.15, 0.2) is 0 Å². The molecule has 1 saturated carbocycles. The van der Waals surface area contributed by atoms with Gasteiger partial charge in [-0.25, -0.2) is 0 Å². The number of nitrogens with one attached hydrogen (secondary N) is 2. The second-order valence-electron chi connectivity index (χ2n) is 5.94. The third kappa shape index (κ3) is 2.72. The lowest BCUT2D eigenvalue weighted by molar-refractivity contribution is -0.121. The number of fused-ring (bicyclic) bond motifs is 1. The molecule has 1 heterocycles. The normalized spacial score (nSPS) is 17.4. The Morgan fingerprint density at radius 3 is 2.90 bits per heavy atom. The van der Waals surface area contributed by atoms with Crippen molar-refractivity contribution in [2.45, 2.75) is 45.1 Å². The lowest BCUT2D eigenvalue weighted by Gasteiger charge is -2.20. The van der Waals surface area contributed by atoms with E-state index in [0.29, 0.717) is 18.4 Å². The van der Waals surface area contributed by atoms with Gasteiger partial charge in [-0.15, -0.1) is 0 Å². The highest BCUT2D eigenvalue weighted by Crippen LogP contribution is 2.27. The van der Waals surface area contributed by atoms with Crippen LogP contribution < -0.4 is 5.32 Å². The van der Waals surface area contributed by atoms with Gasteiger partial charge in [-0.2, -0.15) is 0 Å². The lowest BCUT2D eigenvalue weighted by atomic mass is 9.99. The molecule has 0 radical (unpaired) electrons. The number of para-hydroxylation sites is 1. The third-order valence-electron chi connectivity index (χ3n) is 4.52. The fraction of sp³-hybridized carbons (Fsp3) is 0.471. The molecule has 3 rings (SSSR count). The Morgan fingerprint density at radius 1 is 1.35 bits per heavy atom. The van der Waals surface area contributed by atoms with E-state index >= 15 is 0 Å². The fourth-order valence-electron chi connectivity index (χ4n) is 3.33. The van der Waals surface area contributed by atoms with E-state index in [2.05, 4.69) is 23.3 Å². The summed E-state index contributed by atoms with van der Waals surface area (Å²) in [6.07, 6.45) is 7.55. The molecule has 106 valence electrons. The summed E-state index contributed by atoms with van der Waals surface area (Å²) in [6.45, 7) is 2.14. The van der Waals surface area contributed by atoms with Gasteiger partial charge in [0.1, 0.15) is 0 Å². The van der Waals surface area contributed by atoms with Crippen molar-refractivity contribution in [2.24, 2.45) is 5.92 Å². The minimum Gasteiger partial charge on any atom is -0.361 e. The average molecular weight is 270 g/mol. The van der Waals surface area contributed by atoms with Gasteiger partial charge in [0.05, 0.1) is 6.42 Å². The first-order valence-electron chi connectivity index (χ1n) is 7.58. The highest BCUT2D eigenvalue weighted by atomic mass is 16.1. The van der Waals surface area contributed by atoms with Crippen LogP contribution in [0.4, 0.5) is 0 Å². The van der Waals surface area contributed by atoms with Crippen molar-refractivity contribution >= 4 is 16.8 Å². The molecule has 1 aliphatic carbocycles. The van der Waals surface area contributed by atoms with E-state index in [1.807, 2.05) is 24.4 Å². The summed E-state index contributed by atoms with van der Waals surface area (Å²) < 4.78 is 0. The molecule has 1 aromatic heterocycles. The zero-order valence-corrected chi connectivity index (χ0v) is 12.0. The number of benzene rings is 1. The quantitative estimate of drug-likeness (QED) is 0.878. The van der Waals surface area contributed by atoms with E-state index in [9.17, 15) is 4.79 Å². The Labute approximate surface area is 119 Å². The van der Waals surface area contributed by atoms with Gasteiger partial charge in [0, 0.05) is 23.1 Å². The maximum Gasteiger partial charge on any atom is 0.224 e. The van der Waals surface area contributed by atoms with Gasteiger partial charge in [-0.3, -0.25) is 4.79 Å². The van der Waals surface area contributed by atoms with Crippen LogP contribution in [0, 0.1) is 5.92 Å². The van der Waals surface area contributed by atoms with E-state index in [1.165, 1.54) is 25.7 Å². The summed E-state index contributed by atoms with van der Waals surface area (Å²) in [7, 11) is 0. The van der Waals surface area contributed by atoms with Crippen molar-refractivity contribution < 1.29 is 4.79 Å². The predicted octanol–water partition coefficient (Wildman–Crippen LogP) is 3.41. The Hall–Kier alpha value is -1.77. The van der Waals surface area contributed by atoms with Crippen molar-refractivity contribution in [3.8, 4) is 0 Å². The van der Waals surface area contributed by atoms with Crippen LogP contribution in [0.1, 0.15) is 38.2 Å². The summed E-state index contributed by atoms with van der Waals surface area (Å²) in [4.78, 5) is 15.4. The smallest absolute Gasteiger partial charge is 0.224 e. The van der Waals surface area contributed by atoms with Gasteiger partial charge >= 0.3 is 0 Å². The van der Waals surface area contributed by atoms with Crippen LogP contribution in [0.25, 0.3) is 10.9 Å². The van der Waals surface area contributed by atoms with Crippen LogP contribution in [0.15, 0.2) is 30.5 Å². The van der Waals surface area contributed by atoms with Crippen molar-refractivity contribution in [3.63, 3.8) is 0 Å². The van der Waals surface area contributed by atoms with Gasteiger partial charge in [0.25, 0.3) is 0 Å². The van der Waals surface area contributed by atoms with Crippen molar-refractivity contribution in [1.29, 1.82) is 0 Å². The highest BCUT2D eigenvalue weighted by molar-refractivity contribution is 5.88. The number of hydrogen-bond acceptors (Lipinski definition) is 1. The molecule has 20 heavy (non-hydrogen) atoms. The first kappa shape index (κ1) is 13.2. The first-order chi connectivity index (χ1) is 9.74. The SMILES string of the molecule is CC(NC(=O)Cc1c[nH]c2ccccc12)C1CCCC1. The number of amides is 1. The standard InChI is InChI=1S/C17H22N2O/c1-12(13-6-2-3-7-13)19-17(20)10-14-11-18-16-9-5-4-8-15(14)16/h4-5,8-9,11-13,18H,2-3,6-7,10H2,1H3,(H,19,20). The summed E-state index contributed by atoms with van der Waals surface area (Å²) >= 11 is 0. The minimum absolute atomic E-state index is 0.133. The van der Waals surface area contributed by atoms with Gasteiger partial charge in [0.2, 0.25) is 5.91 Å². The van der Waals surface area contributed by atoms with E-state index in [0.717, 1.165) is 16.5 Å². The minimum atomic E-state index is 0.133. The predicted molar refractivity (Wildman–Crippen MR) is 81.6 cm³/mol. The third-order valence-corrected chi connectivity index (χ3v) is 4.52. The molecule has 3 heteroatoms. The van der Waals surface area contributed by atoms with Crippen LogP contribution >= 0.6 is 0 Å². The fourth-order valence-corrected chi connectivity index (χ4v) is 3.33. The van der Waals surface area contributed by atoms with E-state index in [4.69, 9.17) is 0 Å². The molecule has 2 aromatic rings. The lowest BCUT2D eigenvalue weighted by Crippen LogP contribution is -2.38. The first-order valence-corrected chi connectivity index (χ1v) is 7.58. The van der Waals surface area contributed by atoms with Gasteiger partial charge < -0.3 is 10.3 Å². The van der Waals surface area contributed by atoms with Crippen molar-refractivity contribution in [1.82, 2.24) is 10.3 Å². The van der Waals surface area contributed by atoms with Crippen LogP contribution in [0.5, 0.6) is 0 Å².